The van der Waals surface area contributed by atoms with Gasteiger partial charge in [-0.05, 0) is 0 Å². The van der Waals surface area contributed by atoms with Crippen LogP contribution in [0.5, 0.6) is 0 Å². The molecule has 0 aromatic heterocycles. The van der Waals surface area contributed by atoms with Gasteiger partial charge in [0.25, 0.3) is 0 Å². The van der Waals surface area contributed by atoms with Crippen LogP contribution in [0.1, 0.15) is 0 Å². The van der Waals surface area contributed by atoms with Crippen molar-refractivity contribution in [3.8, 4) is 0 Å². The predicted octanol–water partition coefficient (Wildman–Crippen LogP) is -0.355. The Morgan fingerprint density at radius 1 is 1.92 bits per heavy atom. The molecule has 0 saturated carbocycles. The quantitative estimate of drug-likeness (QED) is 0.612. The standard InChI is InChI=1S/C6H9N3O3S/c1-12-9-13-2-4(8-3-13)5(7)6(10)11/h2-3,5H,7H2,1H3,(H,10,11). The Morgan fingerprint density at radius 2 is 2.62 bits per heavy atom. The summed E-state index contributed by atoms with van der Waals surface area (Å²) in [5.41, 5.74) is 7.14. The number of carboxylic acid groups (broad SMARTS) is 1. The van der Waals surface area contributed by atoms with Crippen molar-refractivity contribution in [1.82, 2.24) is 0 Å². The van der Waals surface area contributed by atoms with E-state index in [1.54, 1.807) is 5.41 Å². The van der Waals surface area contributed by atoms with Crippen molar-refractivity contribution in [1.29, 1.82) is 0 Å². The van der Waals surface area contributed by atoms with E-state index in [2.05, 4.69) is 14.4 Å². The van der Waals surface area contributed by atoms with Gasteiger partial charge in [0.1, 0.15) is 6.04 Å². The van der Waals surface area contributed by atoms with Crippen molar-refractivity contribution in [2.75, 3.05) is 7.11 Å². The summed E-state index contributed by atoms with van der Waals surface area (Å²) in [5, 5.41) is 10.1. The van der Waals surface area contributed by atoms with Crippen LogP contribution in [-0.2, 0) is 20.3 Å². The third kappa shape index (κ3) is 2.44. The molecular formula is C6H9N3O3S. The van der Waals surface area contributed by atoms with E-state index in [0.29, 0.717) is 5.70 Å². The second-order valence-corrected chi connectivity index (χ2v) is 3.49. The van der Waals surface area contributed by atoms with Crippen molar-refractivity contribution in [3.63, 3.8) is 0 Å². The monoisotopic (exact) mass is 203 g/mol. The highest BCUT2D eigenvalue weighted by Gasteiger charge is 2.19. The predicted molar refractivity (Wildman–Crippen MR) is 49.0 cm³/mol. The molecule has 1 aliphatic heterocycles. The van der Waals surface area contributed by atoms with Crippen molar-refractivity contribution in [2.45, 2.75) is 6.04 Å². The minimum atomic E-state index is -1.11. The minimum Gasteiger partial charge on any atom is -0.480 e. The van der Waals surface area contributed by atoms with Crippen LogP contribution in [0.2, 0.25) is 0 Å². The summed E-state index contributed by atoms with van der Waals surface area (Å²) in [5.74, 6) is -1.11. The summed E-state index contributed by atoms with van der Waals surface area (Å²) in [7, 11) is 0.832. The number of rotatable bonds is 3. The molecule has 0 radical (unpaired) electrons. The Labute approximate surface area is 77.2 Å². The molecule has 3 N–H and O–H groups in total. The van der Waals surface area contributed by atoms with Gasteiger partial charge in [0, 0.05) is 16.1 Å². The van der Waals surface area contributed by atoms with Gasteiger partial charge < -0.3 is 10.8 Å². The van der Waals surface area contributed by atoms with Crippen molar-refractivity contribution < 1.29 is 14.7 Å². The average molecular weight is 203 g/mol. The highest BCUT2D eigenvalue weighted by atomic mass is 32.2. The molecule has 0 aromatic rings. The molecule has 1 heterocycles. The lowest BCUT2D eigenvalue weighted by molar-refractivity contribution is -0.137. The highest BCUT2D eigenvalue weighted by molar-refractivity contribution is 8.03. The molecule has 0 aromatic carbocycles. The number of hydrogen-bond acceptors (Lipinski definition) is 5. The first-order chi connectivity index (χ1) is 6.15. The first-order valence-electron chi connectivity index (χ1n) is 3.35. The molecule has 1 rings (SSSR count). The number of carbonyl (C=O) groups is 1. The second kappa shape index (κ2) is 4.26. The van der Waals surface area contributed by atoms with E-state index in [0.717, 1.165) is 0 Å². The fourth-order valence-corrected chi connectivity index (χ4v) is 1.71. The van der Waals surface area contributed by atoms with Gasteiger partial charge in [0.05, 0.1) is 18.4 Å². The van der Waals surface area contributed by atoms with E-state index in [4.69, 9.17) is 10.8 Å². The summed E-state index contributed by atoms with van der Waals surface area (Å²) >= 11 is 0. The van der Waals surface area contributed by atoms with E-state index >= 15 is 0 Å². The summed E-state index contributed by atoms with van der Waals surface area (Å²) in [6.07, 6.45) is 0. The number of aliphatic imine (C=N–C) groups is 1. The third-order valence-corrected chi connectivity index (χ3v) is 2.42. The SMILES string of the molecule is CON=S1C=NC(C(N)C(=O)O)=C1. The minimum absolute atomic E-state index is 0.316. The summed E-state index contributed by atoms with van der Waals surface area (Å²) in [6.45, 7) is 0. The first kappa shape index (κ1) is 10.0. The molecular weight excluding hydrogens is 194 g/mol. The van der Waals surface area contributed by atoms with Gasteiger partial charge >= 0.3 is 5.97 Å². The van der Waals surface area contributed by atoms with Crippen LogP contribution in [0.25, 0.3) is 0 Å². The largest absolute Gasteiger partial charge is 0.480 e. The van der Waals surface area contributed by atoms with Crippen LogP contribution < -0.4 is 5.73 Å². The van der Waals surface area contributed by atoms with Crippen molar-refractivity contribution in [3.05, 3.63) is 11.1 Å². The number of carboxylic acids is 1. The van der Waals surface area contributed by atoms with E-state index in [-0.39, 0.29) is 0 Å². The molecule has 0 bridgehead atoms. The zero-order chi connectivity index (χ0) is 9.84. The molecule has 0 saturated heterocycles. The molecule has 0 aliphatic carbocycles. The molecule has 7 heteroatoms. The highest BCUT2D eigenvalue weighted by Crippen LogP contribution is 2.11. The Hall–Kier alpha value is -1.05. The Morgan fingerprint density at radius 3 is 3.15 bits per heavy atom. The molecule has 2 atom stereocenters. The van der Waals surface area contributed by atoms with Crippen LogP contribution in [0.15, 0.2) is 20.6 Å². The summed E-state index contributed by atoms with van der Waals surface area (Å²) < 4.78 is 3.67. The lowest BCUT2D eigenvalue weighted by Crippen LogP contribution is -2.31. The maximum atomic E-state index is 10.5. The number of aliphatic carboxylic acids is 1. The molecule has 1 aliphatic rings. The second-order valence-electron chi connectivity index (χ2n) is 2.20. The molecule has 0 amide bonds. The molecule has 0 spiro atoms. The Bertz CT molecular complexity index is 310. The van der Waals surface area contributed by atoms with Crippen molar-refractivity contribution >= 4 is 22.2 Å². The fourth-order valence-electron chi connectivity index (χ4n) is 0.706. The lowest BCUT2D eigenvalue weighted by atomic mass is 10.2. The Kier molecular flexibility index (Phi) is 3.29. The molecule has 0 fully saturated rings. The van der Waals surface area contributed by atoms with Crippen LogP contribution >= 0.6 is 0 Å². The average Bonchev–Trinajstić information content (AvgIpc) is 2.52. The molecule has 6 nitrogen and oxygen atoms in total. The molecule has 13 heavy (non-hydrogen) atoms. The normalized spacial score (nSPS) is 23.2. The molecule has 72 valence electrons. The number of hydrogen-bond donors (Lipinski definition) is 2. The topological polar surface area (TPSA) is 97.3 Å². The van der Waals surface area contributed by atoms with Gasteiger partial charge in [-0.1, -0.05) is 0 Å². The van der Waals surface area contributed by atoms with Gasteiger partial charge in [-0.15, -0.1) is 4.53 Å². The maximum absolute atomic E-state index is 10.5. The van der Waals surface area contributed by atoms with Gasteiger partial charge in [0.2, 0.25) is 0 Å². The van der Waals surface area contributed by atoms with Crippen LogP contribution in [-0.4, -0.2) is 29.8 Å². The number of nitrogens with two attached hydrogens (primary N) is 1. The Balaban J connectivity index is 2.77. The summed E-state index contributed by atoms with van der Waals surface area (Å²) in [4.78, 5) is 18.8. The zero-order valence-electron chi connectivity index (χ0n) is 6.88. The molecule has 2 unspecified atom stereocenters. The van der Waals surface area contributed by atoms with Crippen LogP contribution in [0, 0.1) is 0 Å². The summed E-state index contributed by atoms with van der Waals surface area (Å²) in [6, 6.07) is -1.08. The van der Waals surface area contributed by atoms with Crippen molar-refractivity contribution in [2.24, 2.45) is 15.3 Å². The lowest BCUT2D eigenvalue weighted by Gasteiger charge is -2.01. The van der Waals surface area contributed by atoms with E-state index in [1.807, 2.05) is 0 Å². The van der Waals surface area contributed by atoms with E-state index < -0.39 is 22.7 Å². The van der Waals surface area contributed by atoms with Gasteiger partial charge in [-0.25, -0.2) is 4.84 Å². The zero-order valence-corrected chi connectivity index (χ0v) is 7.69. The maximum Gasteiger partial charge on any atom is 0.326 e. The van der Waals surface area contributed by atoms with Gasteiger partial charge in [0.15, 0.2) is 0 Å². The first-order valence-corrected chi connectivity index (χ1v) is 4.66. The van der Waals surface area contributed by atoms with Crippen LogP contribution in [0.4, 0.5) is 0 Å². The fraction of sp³-hybridized carbons (Fsp3) is 0.333. The third-order valence-electron chi connectivity index (χ3n) is 1.30. The van der Waals surface area contributed by atoms with Crippen LogP contribution in [0.3, 0.4) is 0 Å². The van der Waals surface area contributed by atoms with Gasteiger partial charge in [-0.2, -0.15) is 0 Å². The van der Waals surface area contributed by atoms with Gasteiger partial charge in [-0.3, -0.25) is 9.79 Å². The number of nitrogens with zero attached hydrogens (tertiary/aromatic N) is 2. The van der Waals surface area contributed by atoms with E-state index in [9.17, 15) is 4.79 Å². The van der Waals surface area contributed by atoms with E-state index in [1.165, 1.54) is 12.7 Å². The smallest absolute Gasteiger partial charge is 0.326 e.